The number of nitrogens with one attached hydrogen (secondary N) is 2. The van der Waals surface area contributed by atoms with E-state index in [4.69, 9.17) is 14.5 Å². The number of hydrogen-bond acceptors (Lipinski definition) is 4. The van der Waals surface area contributed by atoms with Crippen molar-refractivity contribution in [3.8, 4) is 0 Å². The monoisotopic (exact) mass is 364 g/mol. The number of aliphatic imine (C=N–C) groups is 1. The fraction of sp³-hybridized carbons (Fsp3) is 0.650. The summed E-state index contributed by atoms with van der Waals surface area (Å²) in [5.41, 5.74) is 2.56. The van der Waals surface area contributed by atoms with Crippen LogP contribution in [-0.4, -0.2) is 71.5 Å². The van der Waals surface area contributed by atoms with E-state index in [-0.39, 0.29) is 6.04 Å². The van der Waals surface area contributed by atoms with E-state index in [1.54, 1.807) is 7.11 Å². The SMILES string of the molecule is CCNC(=NCC(c1ccc(C)cc1)N(C)C)NCCCOCCOC. The Bertz CT molecular complexity index is 503. The lowest BCUT2D eigenvalue weighted by Crippen LogP contribution is -2.38. The van der Waals surface area contributed by atoms with E-state index in [9.17, 15) is 0 Å². The zero-order valence-electron chi connectivity index (χ0n) is 17.0. The summed E-state index contributed by atoms with van der Waals surface area (Å²) in [4.78, 5) is 6.98. The smallest absolute Gasteiger partial charge is 0.191 e. The molecule has 0 heterocycles. The van der Waals surface area contributed by atoms with Crippen LogP contribution in [0, 0.1) is 6.92 Å². The Morgan fingerprint density at radius 1 is 1.12 bits per heavy atom. The number of hydrogen-bond donors (Lipinski definition) is 2. The number of ether oxygens (including phenoxy) is 2. The molecule has 26 heavy (non-hydrogen) atoms. The fourth-order valence-electron chi connectivity index (χ4n) is 2.50. The molecule has 0 fully saturated rings. The maximum atomic E-state index is 5.48. The predicted molar refractivity (Wildman–Crippen MR) is 109 cm³/mol. The minimum Gasteiger partial charge on any atom is -0.382 e. The van der Waals surface area contributed by atoms with Crippen molar-refractivity contribution in [2.75, 3.05) is 60.7 Å². The summed E-state index contributed by atoms with van der Waals surface area (Å²) in [6, 6.07) is 8.94. The molecule has 1 unspecified atom stereocenters. The molecule has 148 valence electrons. The predicted octanol–water partition coefficient (Wildman–Crippen LogP) is 2.21. The molecule has 1 atom stereocenters. The van der Waals surface area contributed by atoms with Gasteiger partial charge in [0.2, 0.25) is 0 Å². The van der Waals surface area contributed by atoms with Gasteiger partial charge >= 0.3 is 0 Å². The van der Waals surface area contributed by atoms with E-state index in [2.05, 4.69) is 67.7 Å². The molecule has 6 nitrogen and oxygen atoms in total. The summed E-state index contributed by atoms with van der Waals surface area (Å²) in [5.74, 6) is 0.850. The largest absolute Gasteiger partial charge is 0.382 e. The number of benzene rings is 1. The quantitative estimate of drug-likeness (QED) is 0.338. The lowest BCUT2D eigenvalue weighted by Gasteiger charge is -2.24. The van der Waals surface area contributed by atoms with Gasteiger partial charge in [-0.15, -0.1) is 0 Å². The van der Waals surface area contributed by atoms with E-state index in [0.717, 1.165) is 32.1 Å². The minimum absolute atomic E-state index is 0.253. The average molecular weight is 365 g/mol. The van der Waals surface area contributed by atoms with Gasteiger partial charge in [0.25, 0.3) is 0 Å². The molecule has 0 saturated heterocycles. The van der Waals surface area contributed by atoms with Gasteiger partial charge in [-0.25, -0.2) is 0 Å². The highest BCUT2D eigenvalue weighted by Crippen LogP contribution is 2.19. The zero-order chi connectivity index (χ0) is 19.2. The van der Waals surface area contributed by atoms with Gasteiger partial charge in [-0.05, 0) is 39.9 Å². The van der Waals surface area contributed by atoms with Crippen molar-refractivity contribution in [2.24, 2.45) is 4.99 Å². The fourth-order valence-corrected chi connectivity index (χ4v) is 2.50. The topological polar surface area (TPSA) is 58.1 Å². The van der Waals surface area contributed by atoms with Crippen LogP contribution in [0.5, 0.6) is 0 Å². The number of rotatable bonds is 12. The molecule has 6 heteroatoms. The van der Waals surface area contributed by atoms with Gasteiger partial charge in [-0.2, -0.15) is 0 Å². The summed E-state index contributed by atoms with van der Waals surface area (Å²) in [6.45, 7) is 8.57. The van der Waals surface area contributed by atoms with E-state index in [1.807, 2.05) is 0 Å². The Morgan fingerprint density at radius 2 is 1.85 bits per heavy atom. The molecular formula is C20H36N4O2. The first-order chi connectivity index (χ1) is 12.6. The molecule has 2 N–H and O–H groups in total. The van der Waals surface area contributed by atoms with E-state index in [0.29, 0.717) is 19.8 Å². The van der Waals surface area contributed by atoms with E-state index < -0.39 is 0 Å². The Kier molecular flexibility index (Phi) is 11.7. The molecule has 0 aliphatic rings. The van der Waals surface area contributed by atoms with E-state index in [1.165, 1.54) is 11.1 Å². The van der Waals surface area contributed by atoms with Crippen molar-refractivity contribution in [2.45, 2.75) is 26.3 Å². The Hall–Kier alpha value is -1.63. The van der Waals surface area contributed by atoms with Crippen LogP contribution in [0.1, 0.15) is 30.5 Å². The van der Waals surface area contributed by atoms with Crippen LogP contribution in [0.15, 0.2) is 29.3 Å². The van der Waals surface area contributed by atoms with Crippen LogP contribution in [0.2, 0.25) is 0 Å². The molecule has 0 aliphatic carbocycles. The molecular weight excluding hydrogens is 328 g/mol. The van der Waals surface area contributed by atoms with Gasteiger partial charge in [0.1, 0.15) is 0 Å². The normalized spacial score (nSPS) is 13.1. The molecule has 0 amide bonds. The number of likely N-dealkylation sites (N-methyl/N-ethyl adjacent to an activating group) is 1. The Morgan fingerprint density at radius 3 is 2.46 bits per heavy atom. The van der Waals surface area contributed by atoms with Crippen molar-refractivity contribution in [3.63, 3.8) is 0 Å². The summed E-state index contributed by atoms with van der Waals surface area (Å²) >= 11 is 0. The van der Waals surface area contributed by atoms with E-state index >= 15 is 0 Å². The third-order valence-corrected chi connectivity index (χ3v) is 4.04. The van der Waals surface area contributed by atoms with Gasteiger partial charge in [0, 0.05) is 26.8 Å². The minimum atomic E-state index is 0.253. The summed E-state index contributed by atoms with van der Waals surface area (Å²) < 4.78 is 10.4. The van der Waals surface area contributed by atoms with Crippen LogP contribution < -0.4 is 10.6 Å². The van der Waals surface area contributed by atoms with Gasteiger partial charge in [-0.3, -0.25) is 4.99 Å². The van der Waals surface area contributed by atoms with Crippen LogP contribution in [0.4, 0.5) is 0 Å². The third kappa shape index (κ3) is 9.17. The molecule has 0 aliphatic heterocycles. The van der Waals surface area contributed by atoms with Crippen molar-refractivity contribution in [1.29, 1.82) is 0 Å². The van der Waals surface area contributed by atoms with Crippen molar-refractivity contribution < 1.29 is 9.47 Å². The van der Waals surface area contributed by atoms with Gasteiger partial charge in [-0.1, -0.05) is 29.8 Å². The van der Waals surface area contributed by atoms with Crippen molar-refractivity contribution >= 4 is 5.96 Å². The van der Waals surface area contributed by atoms with Crippen molar-refractivity contribution in [1.82, 2.24) is 15.5 Å². The zero-order valence-corrected chi connectivity index (χ0v) is 17.0. The maximum absolute atomic E-state index is 5.48. The second kappa shape index (κ2) is 13.6. The third-order valence-electron chi connectivity index (χ3n) is 4.04. The number of methoxy groups -OCH3 is 1. The Balaban J connectivity index is 2.52. The second-order valence-corrected chi connectivity index (χ2v) is 6.50. The van der Waals surface area contributed by atoms with Crippen LogP contribution in [0.3, 0.4) is 0 Å². The summed E-state index contributed by atoms with van der Waals surface area (Å²) in [6.07, 6.45) is 0.934. The highest BCUT2D eigenvalue weighted by atomic mass is 16.5. The highest BCUT2D eigenvalue weighted by molar-refractivity contribution is 5.79. The first-order valence-corrected chi connectivity index (χ1v) is 9.40. The lowest BCUT2D eigenvalue weighted by molar-refractivity contribution is 0.0698. The van der Waals surface area contributed by atoms with Crippen LogP contribution in [0.25, 0.3) is 0 Å². The lowest BCUT2D eigenvalue weighted by atomic mass is 10.0. The van der Waals surface area contributed by atoms with Crippen molar-refractivity contribution in [3.05, 3.63) is 35.4 Å². The molecule has 0 saturated carbocycles. The number of guanidine groups is 1. The molecule has 1 aromatic carbocycles. The molecule has 1 rings (SSSR count). The first kappa shape index (κ1) is 22.4. The maximum Gasteiger partial charge on any atom is 0.191 e. The molecule has 0 spiro atoms. The van der Waals surface area contributed by atoms with Gasteiger partial charge in [0.05, 0.1) is 25.8 Å². The Labute approximate surface area is 159 Å². The second-order valence-electron chi connectivity index (χ2n) is 6.50. The molecule has 0 aromatic heterocycles. The average Bonchev–Trinajstić information content (AvgIpc) is 2.62. The first-order valence-electron chi connectivity index (χ1n) is 9.40. The van der Waals surface area contributed by atoms with Gasteiger partial charge in [0.15, 0.2) is 5.96 Å². The number of aryl methyl sites for hydroxylation is 1. The molecule has 1 aromatic rings. The van der Waals surface area contributed by atoms with Crippen LogP contribution >= 0.6 is 0 Å². The van der Waals surface area contributed by atoms with Gasteiger partial charge < -0.3 is 25.0 Å². The molecule has 0 bridgehead atoms. The van der Waals surface area contributed by atoms with Crippen LogP contribution in [-0.2, 0) is 9.47 Å². The molecule has 0 radical (unpaired) electrons. The summed E-state index contributed by atoms with van der Waals surface area (Å²) in [7, 11) is 5.87. The number of nitrogens with zero attached hydrogens (tertiary/aromatic N) is 2. The standard InChI is InChI=1S/C20H36N4O2/c1-6-21-20(22-12-7-13-26-15-14-25-5)23-16-19(24(3)4)18-10-8-17(2)9-11-18/h8-11,19H,6-7,12-16H2,1-5H3,(H2,21,22,23). The summed E-state index contributed by atoms with van der Waals surface area (Å²) in [5, 5.41) is 6.68. The highest BCUT2D eigenvalue weighted by Gasteiger charge is 2.13.